The second kappa shape index (κ2) is 11.0. The number of aliphatic hydroxyl groups is 3. The highest BCUT2D eigenvalue weighted by atomic mass is 16.3. The molecule has 2 saturated heterocycles. The monoisotopic (exact) mass is 360 g/mol. The Kier molecular flexibility index (Phi) is 10.3. The predicted molar refractivity (Wildman–Crippen MR) is 88.5 cm³/mol. The fraction of sp³-hybridized carbons (Fsp3) is 0.750. The molecule has 2 amide bonds. The Hall–Kier alpha value is -1.68. The number of likely N-dealkylation sites (tertiary alicyclic amines) is 2. The lowest BCUT2D eigenvalue weighted by Gasteiger charge is -2.02. The van der Waals surface area contributed by atoms with E-state index < -0.39 is 18.1 Å². The van der Waals surface area contributed by atoms with Crippen LogP contribution in [0.5, 0.6) is 0 Å². The number of hydrogen-bond acceptors (Lipinski definition) is 8. The second-order valence-electron chi connectivity index (χ2n) is 6.25. The molecule has 0 bridgehead atoms. The second-order valence-corrected chi connectivity index (χ2v) is 6.25. The van der Waals surface area contributed by atoms with Gasteiger partial charge in [-0.05, 0) is 27.3 Å². The number of carbonyl (C=O) groups excluding carboxylic acids is 4. The average molecular weight is 360 g/mol. The van der Waals surface area contributed by atoms with E-state index in [1.54, 1.807) is 0 Å². The maximum atomic E-state index is 10.6. The number of amides is 2. The predicted octanol–water partition coefficient (Wildman–Crippen LogP) is -1.67. The minimum Gasteiger partial charge on any atom is -0.392 e. The molecule has 0 aliphatic carbocycles. The number of nitrogens with zero attached hydrogens (tertiary/aromatic N) is 2. The summed E-state index contributed by atoms with van der Waals surface area (Å²) in [6, 6.07) is 0. The highest BCUT2D eigenvalue weighted by Crippen LogP contribution is 2.08. The summed E-state index contributed by atoms with van der Waals surface area (Å²) in [5.41, 5.74) is 0. The molecule has 2 fully saturated rings. The van der Waals surface area contributed by atoms with Crippen molar-refractivity contribution in [2.45, 2.75) is 51.4 Å². The molecule has 2 rings (SSSR count). The smallest absolute Gasteiger partial charge is 0.258 e. The zero-order chi connectivity index (χ0) is 19.7. The van der Waals surface area contributed by atoms with Crippen molar-refractivity contribution in [1.29, 1.82) is 0 Å². The van der Waals surface area contributed by atoms with E-state index in [-0.39, 0.29) is 36.4 Å². The van der Waals surface area contributed by atoms with Crippen molar-refractivity contribution < 1.29 is 34.5 Å². The molecule has 144 valence electrons. The van der Waals surface area contributed by atoms with E-state index in [0.717, 1.165) is 24.4 Å². The maximum Gasteiger partial charge on any atom is 0.258 e. The third-order valence-corrected chi connectivity index (χ3v) is 3.67. The third-order valence-electron chi connectivity index (χ3n) is 3.67. The van der Waals surface area contributed by atoms with Crippen molar-refractivity contribution in [2.75, 3.05) is 27.2 Å². The van der Waals surface area contributed by atoms with Crippen LogP contribution in [0.3, 0.4) is 0 Å². The maximum absolute atomic E-state index is 10.6. The average Bonchev–Trinajstić information content (AvgIpc) is 2.97. The van der Waals surface area contributed by atoms with Gasteiger partial charge in [0.15, 0.2) is 5.78 Å². The van der Waals surface area contributed by atoms with E-state index >= 15 is 0 Å². The summed E-state index contributed by atoms with van der Waals surface area (Å²) >= 11 is 0. The van der Waals surface area contributed by atoms with Crippen molar-refractivity contribution in [3.63, 3.8) is 0 Å². The van der Waals surface area contributed by atoms with Gasteiger partial charge in [-0.25, -0.2) is 0 Å². The van der Waals surface area contributed by atoms with Crippen molar-refractivity contribution >= 4 is 23.4 Å². The first kappa shape index (κ1) is 23.3. The van der Waals surface area contributed by atoms with E-state index in [1.807, 2.05) is 7.05 Å². The van der Waals surface area contributed by atoms with Gasteiger partial charge in [0.1, 0.15) is 18.0 Å². The molecule has 9 nitrogen and oxygen atoms in total. The lowest BCUT2D eigenvalue weighted by molar-refractivity contribution is -0.139. The molecule has 2 aliphatic heterocycles. The molecule has 0 saturated carbocycles. The Morgan fingerprint density at radius 1 is 1.20 bits per heavy atom. The van der Waals surface area contributed by atoms with Gasteiger partial charge in [0, 0.05) is 26.6 Å². The number of imide groups is 1. The summed E-state index contributed by atoms with van der Waals surface area (Å²) in [7, 11) is 3.39. The Morgan fingerprint density at radius 2 is 1.76 bits per heavy atom. The van der Waals surface area contributed by atoms with Gasteiger partial charge in [-0.15, -0.1) is 0 Å². The van der Waals surface area contributed by atoms with Crippen LogP contribution in [0.4, 0.5) is 0 Å². The van der Waals surface area contributed by atoms with Gasteiger partial charge in [0.25, 0.3) is 5.91 Å². The fourth-order valence-corrected chi connectivity index (χ4v) is 2.06. The van der Waals surface area contributed by atoms with Crippen molar-refractivity contribution in [1.82, 2.24) is 9.80 Å². The molecule has 0 aromatic rings. The van der Waals surface area contributed by atoms with Crippen LogP contribution >= 0.6 is 0 Å². The molecular weight excluding hydrogens is 332 g/mol. The Morgan fingerprint density at radius 3 is 1.88 bits per heavy atom. The number of hydrogen-bond donors (Lipinski definition) is 3. The normalized spacial score (nSPS) is 24.2. The summed E-state index contributed by atoms with van der Waals surface area (Å²) < 4.78 is 0. The first-order chi connectivity index (χ1) is 11.5. The van der Waals surface area contributed by atoms with Crippen LogP contribution in [0.15, 0.2) is 0 Å². The van der Waals surface area contributed by atoms with E-state index in [4.69, 9.17) is 15.3 Å². The molecule has 9 heteroatoms. The van der Waals surface area contributed by atoms with E-state index in [2.05, 4.69) is 4.90 Å². The van der Waals surface area contributed by atoms with Crippen LogP contribution in [0.1, 0.15) is 33.1 Å². The quantitative estimate of drug-likeness (QED) is 0.509. The Balaban J connectivity index is 0.000000348. The van der Waals surface area contributed by atoms with Gasteiger partial charge in [-0.3, -0.25) is 24.1 Å². The summed E-state index contributed by atoms with van der Waals surface area (Å²) in [5, 5.41) is 26.3. The largest absolute Gasteiger partial charge is 0.392 e. The number of Topliss-reactive ketones (excluding diaryl/α,β-unsaturated/α-hetero) is 2. The topological polar surface area (TPSA) is 135 Å². The summed E-state index contributed by atoms with van der Waals surface area (Å²) in [4.78, 5) is 44.7. The number of ketones is 2. The lowest BCUT2D eigenvalue weighted by atomic mass is 10.1. The van der Waals surface area contributed by atoms with Crippen LogP contribution in [0, 0.1) is 0 Å². The summed E-state index contributed by atoms with van der Waals surface area (Å²) in [5.74, 6) is -1.34. The van der Waals surface area contributed by atoms with Crippen LogP contribution in [-0.2, 0) is 19.2 Å². The van der Waals surface area contributed by atoms with E-state index in [0.29, 0.717) is 0 Å². The van der Waals surface area contributed by atoms with Crippen LogP contribution in [0.25, 0.3) is 0 Å². The third kappa shape index (κ3) is 9.40. The number of aliphatic hydroxyl groups excluding tert-OH is 3. The van der Waals surface area contributed by atoms with Gasteiger partial charge < -0.3 is 20.2 Å². The van der Waals surface area contributed by atoms with Gasteiger partial charge in [0.05, 0.1) is 12.5 Å². The van der Waals surface area contributed by atoms with Crippen molar-refractivity contribution in [3.8, 4) is 0 Å². The molecule has 3 atom stereocenters. The number of β-amino-alcohol motifs (C(OH)–C–C–N with tert-alkyl or cyclic N) is 1. The minimum absolute atomic E-state index is 0.0509. The zero-order valence-corrected chi connectivity index (χ0v) is 15.1. The molecule has 25 heavy (non-hydrogen) atoms. The molecule has 3 unspecified atom stereocenters. The number of carbonyl (C=O) groups is 4. The zero-order valence-electron chi connectivity index (χ0n) is 15.1. The van der Waals surface area contributed by atoms with E-state index in [9.17, 15) is 19.2 Å². The van der Waals surface area contributed by atoms with Gasteiger partial charge in [-0.2, -0.15) is 0 Å². The standard InChI is InChI=1S/C6H10O3.C5H7NO3.C5H11NO/c1-4(7)3-6(9)5(2)8;1-6-4(8)2-3(7)5(6)9;1-6-3-2-5(7)4-6/h6,9H,3H2,1-2H3;3,7H,2H2,1H3;5,7H,2-4H2,1H3. The number of likely N-dealkylation sites (N-methyl/N-ethyl adjacent to an activating group) is 2. The van der Waals surface area contributed by atoms with Crippen molar-refractivity contribution in [3.05, 3.63) is 0 Å². The van der Waals surface area contributed by atoms with Gasteiger partial charge in [0.2, 0.25) is 5.91 Å². The fourth-order valence-electron chi connectivity index (χ4n) is 2.06. The van der Waals surface area contributed by atoms with Crippen LogP contribution in [-0.4, -0.2) is 94.0 Å². The molecule has 0 spiro atoms. The minimum atomic E-state index is -1.09. The number of rotatable bonds is 3. The van der Waals surface area contributed by atoms with Gasteiger partial charge >= 0.3 is 0 Å². The Bertz CT molecular complexity index is 485. The molecule has 0 aromatic carbocycles. The molecule has 2 aliphatic rings. The Labute approximate surface area is 147 Å². The highest BCUT2D eigenvalue weighted by Gasteiger charge is 2.34. The van der Waals surface area contributed by atoms with E-state index in [1.165, 1.54) is 20.9 Å². The highest BCUT2D eigenvalue weighted by molar-refractivity contribution is 6.04. The molecule has 2 heterocycles. The molecule has 0 aromatic heterocycles. The van der Waals surface area contributed by atoms with Crippen LogP contribution in [0.2, 0.25) is 0 Å². The SMILES string of the molecule is CC(=O)CC(O)C(C)=O.CN1C(=O)CC(O)C1=O.CN1CCC(O)C1. The molecular formula is C16H28N2O7. The van der Waals surface area contributed by atoms with Gasteiger partial charge in [-0.1, -0.05) is 0 Å². The summed E-state index contributed by atoms with van der Waals surface area (Å²) in [6.07, 6.45) is -1.41. The first-order valence-corrected chi connectivity index (χ1v) is 7.98. The lowest BCUT2D eigenvalue weighted by Crippen LogP contribution is -2.27. The molecule has 3 N–H and O–H groups in total. The first-order valence-electron chi connectivity index (χ1n) is 7.98. The molecule has 0 radical (unpaired) electrons. The summed E-state index contributed by atoms with van der Waals surface area (Å²) in [6.45, 7) is 4.51. The van der Waals surface area contributed by atoms with Crippen LogP contribution < -0.4 is 0 Å². The van der Waals surface area contributed by atoms with Crippen molar-refractivity contribution in [2.24, 2.45) is 0 Å².